The second-order valence-electron chi connectivity index (χ2n) is 6.74. The SMILES string of the molecule is CCC(c1ccccc1)c1n[nH]c2c1CN(C(=O)c1ccc(OC)o1)CC2. The van der Waals surface area contributed by atoms with E-state index in [4.69, 9.17) is 9.15 Å². The average molecular weight is 365 g/mol. The summed E-state index contributed by atoms with van der Waals surface area (Å²) in [6.07, 6.45) is 1.71. The predicted octanol–water partition coefficient (Wildman–Crippen LogP) is 3.75. The van der Waals surface area contributed by atoms with Gasteiger partial charge in [0.2, 0.25) is 0 Å². The van der Waals surface area contributed by atoms with E-state index in [9.17, 15) is 4.79 Å². The van der Waals surface area contributed by atoms with Gasteiger partial charge in [-0.3, -0.25) is 9.89 Å². The van der Waals surface area contributed by atoms with E-state index in [0.29, 0.717) is 24.8 Å². The summed E-state index contributed by atoms with van der Waals surface area (Å²) < 4.78 is 10.5. The van der Waals surface area contributed by atoms with Crippen molar-refractivity contribution in [1.82, 2.24) is 15.1 Å². The Morgan fingerprint density at radius 1 is 1.30 bits per heavy atom. The van der Waals surface area contributed by atoms with Crippen molar-refractivity contribution in [3.63, 3.8) is 0 Å². The summed E-state index contributed by atoms with van der Waals surface area (Å²) in [4.78, 5) is 14.6. The number of hydrogen-bond donors (Lipinski definition) is 1. The molecule has 1 aromatic carbocycles. The molecule has 1 atom stereocenters. The number of furan rings is 1. The fourth-order valence-corrected chi connectivity index (χ4v) is 3.75. The summed E-state index contributed by atoms with van der Waals surface area (Å²) in [7, 11) is 1.52. The number of methoxy groups -OCH3 is 1. The van der Waals surface area contributed by atoms with Crippen LogP contribution in [0.25, 0.3) is 0 Å². The van der Waals surface area contributed by atoms with E-state index >= 15 is 0 Å². The molecule has 3 aromatic rings. The Kier molecular flexibility index (Phi) is 4.71. The third-order valence-electron chi connectivity index (χ3n) is 5.19. The Balaban J connectivity index is 1.61. The van der Waals surface area contributed by atoms with Gasteiger partial charge in [0.1, 0.15) is 0 Å². The first kappa shape index (κ1) is 17.4. The van der Waals surface area contributed by atoms with Gasteiger partial charge in [0.05, 0.1) is 12.8 Å². The van der Waals surface area contributed by atoms with Gasteiger partial charge in [-0.25, -0.2) is 0 Å². The van der Waals surface area contributed by atoms with Gasteiger partial charge >= 0.3 is 0 Å². The average Bonchev–Trinajstić information content (AvgIpc) is 3.36. The zero-order valence-corrected chi connectivity index (χ0v) is 15.6. The molecule has 27 heavy (non-hydrogen) atoms. The van der Waals surface area contributed by atoms with Crippen LogP contribution in [0.1, 0.15) is 52.3 Å². The van der Waals surface area contributed by atoms with Gasteiger partial charge < -0.3 is 14.1 Å². The normalized spacial score (nSPS) is 14.7. The van der Waals surface area contributed by atoms with Gasteiger partial charge in [-0.05, 0) is 18.1 Å². The molecule has 0 spiro atoms. The molecule has 4 rings (SSSR count). The number of aromatic nitrogens is 2. The van der Waals surface area contributed by atoms with Gasteiger partial charge in [-0.1, -0.05) is 37.3 Å². The molecule has 140 valence electrons. The molecule has 0 radical (unpaired) electrons. The Morgan fingerprint density at radius 2 is 2.11 bits per heavy atom. The number of hydrogen-bond acceptors (Lipinski definition) is 4. The minimum Gasteiger partial charge on any atom is -0.468 e. The number of carbonyl (C=O) groups excluding carboxylic acids is 1. The molecule has 0 saturated heterocycles. The van der Waals surface area contributed by atoms with Crippen molar-refractivity contribution in [1.29, 1.82) is 0 Å². The predicted molar refractivity (Wildman–Crippen MR) is 101 cm³/mol. The van der Waals surface area contributed by atoms with E-state index in [0.717, 1.165) is 29.8 Å². The van der Waals surface area contributed by atoms with E-state index in [2.05, 4.69) is 41.4 Å². The zero-order chi connectivity index (χ0) is 18.8. The Bertz CT molecular complexity index is 929. The lowest BCUT2D eigenvalue weighted by atomic mass is 9.89. The molecule has 1 amide bonds. The summed E-state index contributed by atoms with van der Waals surface area (Å²) >= 11 is 0. The van der Waals surface area contributed by atoms with E-state index in [1.165, 1.54) is 12.7 Å². The Morgan fingerprint density at radius 3 is 2.81 bits per heavy atom. The molecule has 0 fully saturated rings. The zero-order valence-electron chi connectivity index (χ0n) is 15.6. The van der Waals surface area contributed by atoms with Crippen molar-refractivity contribution >= 4 is 5.91 Å². The smallest absolute Gasteiger partial charge is 0.290 e. The van der Waals surface area contributed by atoms with Gasteiger partial charge in [0.15, 0.2) is 5.76 Å². The highest BCUT2D eigenvalue weighted by Gasteiger charge is 2.30. The number of aromatic amines is 1. The third-order valence-corrected chi connectivity index (χ3v) is 5.19. The second kappa shape index (κ2) is 7.31. The number of carbonyl (C=O) groups is 1. The summed E-state index contributed by atoms with van der Waals surface area (Å²) in [6.45, 7) is 3.34. The van der Waals surface area contributed by atoms with Crippen molar-refractivity contribution in [2.45, 2.75) is 32.2 Å². The number of benzene rings is 1. The van der Waals surface area contributed by atoms with E-state index in [1.807, 2.05) is 11.0 Å². The molecule has 0 aliphatic carbocycles. The summed E-state index contributed by atoms with van der Waals surface area (Å²) in [5, 5.41) is 7.81. The highest BCUT2D eigenvalue weighted by atomic mass is 16.6. The van der Waals surface area contributed by atoms with Crippen LogP contribution >= 0.6 is 0 Å². The van der Waals surface area contributed by atoms with Crippen LogP contribution in [0, 0.1) is 0 Å². The topological polar surface area (TPSA) is 71.4 Å². The molecular formula is C21H23N3O3. The Hall–Kier alpha value is -3.02. The fourth-order valence-electron chi connectivity index (χ4n) is 3.75. The molecular weight excluding hydrogens is 342 g/mol. The first-order chi connectivity index (χ1) is 13.2. The van der Waals surface area contributed by atoms with Crippen LogP contribution in [0.5, 0.6) is 5.95 Å². The van der Waals surface area contributed by atoms with Crippen LogP contribution in [-0.4, -0.2) is 34.7 Å². The standard InChI is InChI=1S/C21H23N3O3/c1-3-15(14-7-5-4-6-8-14)20-16-13-24(12-11-17(16)22-23-20)21(25)18-9-10-19(26-2)27-18/h4-10,15H,3,11-13H2,1-2H3,(H,22,23). The van der Waals surface area contributed by atoms with Crippen LogP contribution in [0.15, 0.2) is 46.9 Å². The van der Waals surface area contributed by atoms with Crippen LogP contribution in [0.4, 0.5) is 0 Å². The minimum atomic E-state index is -0.121. The third kappa shape index (κ3) is 3.23. The maximum atomic E-state index is 12.8. The largest absolute Gasteiger partial charge is 0.468 e. The molecule has 1 N–H and O–H groups in total. The van der Waals surface area contributed by atoms with E-state index in [1.54, 1.807) is 12.1 Å². The fraction of sp³-hybridized carbons (Fsp3) is 0.333. The number of rotatable bonds is 5. The van der Waals surface area contributed by atoms with Crippen LogP contribution < -0.4 is 4.74 Å². The van der Waals surface area contributed by atoms with E-state index in [-0.39, 0.29) is 11.8 Å². The molecule has 1 unspecified atom stereocenters. The molecule has 3 heterocycles. The first-order valence-electron chi connectivity index (χ1n) is 9.25. The number of fused-ring (bicyclic) bond motifs is 1. The van der Waals surface area contributed by atoms with Crippen LogP contribution in [0.3, 0.4) is 0 Å². The van der Waals surface area contributed by atoms with Gasteiger partial charge in [-0.15, -0.1) is 0 Å². The van der Waals surface area contributed by atoms with Crippen LogP contribution in [0.2, 0.25) is 0 Å². The summed E-state index contributed by atoms with van der Waals surface area (Å²) in [5.74, 6) is 0.736. The molecule has 1 aliphatic heterocycles. The summed E-state index contributed by atoms with van der Waals surface area (Å²) in [5.41, 5.74) is 4.53. The van der Waals surface area contributed by atoms with Gasteiger partial charge in [-0.2, -0.15) is 5.10 Å². The number of ether oxygens (including phenoxy) is 1. The number of H-pyrrole nitrogens is 1. The molecule has 1 aliphatic rings. The van der Waals surface area contributed by atoms with Gasteiger partial charge in [0.25, 0.3) is 11.9 Å². The maximum absolute atomic E-state index is 12.8. The van der Waals surface area contributed by atoms with Gasteiger partial charge in [0, 0.05) is 42.8 Å². The minimum absolute atomic E-state index is 0.121. The second-order valence-corrected chi connectivity index (χ2v) is 6.74. The lowest BCUT2D eigenvalue weighted by Crippen LogP contribution is -2.36. The lowest BCUT2D eigenvalue weighted by molar-refractivity contribution is 0.0695. The Labute approximate surface area is 158 Å². The first-order valence-corrected chi connectivity index (χ1v) is 9.25. The molecule has 6 nitrogen and oxygen atoms in total. The van der Waals surface area contributed by atoms with Crippen LogP contribution in [-0.2, 0) is 13.0 Å². The molecule has 6 heteroatoms. The lowest BCUT2D eigenvalue weighted by Gasteiger charge is -2.27. The van der Waals surface area contributed by atoms with Crippen molar-refractivity contribution in [3.8, 4) is 5.95 Å². The van der Waals surface area contributed by atoms with E-state index < -0.39 is 0 Å². The molecule has 0 saturated carbocycles. The quantitative estimate of drug-likeness (QED) is 0.747. The van der Waals surface area contributed by atoms with Crippen molar-refractivity contribution in [2.75, 3.05) is 13.7 Å². The van der Waals surface area contributed by atoms with Crippen molar-refractivity contribution < 1.29 is 13.9 Å². The highest BCUT2D eigenvalue weighted by Crippen LogP contribution is 2.33. The number of nitrogens with one attached hydrogen (secondary N) is 1. The monoisotopic (exact) mass is 365 g/mol. The maximum Gasteiger partial charge on any atom is 0.290 e. The summed E-state index contributed by atoms with van der Waals surface area (Å²) in [6, 6.07) is 13.7. The highest BCUT2D eigenvalue weighted by molar-refractivity contribution is 5.91. The molecule has 0 bridgehead atoms. The van der Waals surface area contributed by atoms with Crippen molar-refractivity contribution in [3.05, 3.63) is 70.7 Å². The number of amides is 1. The van der Waals surface area contributed by atoms with Crippen molar-refractivity contribution in [2.24, 2.45) is 0 Å². The molecule has 2 aromatic heterocycles. The number of nitrogens with zero attached hydrogens (tertiary/aromatic N) is 2.